The summed E-state index contributed by atoms with van der Waals surface area (Å²) < 4.78 is 0. The maximum atomic E-state index is 12.8. The predicted molar refractivity (Wildman–Crippen MR) is 142 cm³/mol. The van der Waals surface area contributed by atoms with Gasteiger partial charge in [-0.05, 0) is 72.4 Å². The fourth-order valence-electron chi connectivity index (χ4n) is 6.29. The summed E-state index contributed by atoms with van der Waals surface area (Å²) in [6.45, 7) is 0. The molecule has 1 aliphatic carbocycles. The minimum Gasteiger partial charge on any atom is -0.376 e. The van der Waals surface area contributed by atoms with Gasteiger partial charge in [0, 0.05) is 16.7 Å². The predicted octanol–water partition coefficient (Wildman–Crippen LogP) is 8.00. The zero-order valence-electron chi connectivity index (χ0n) is 18.4. The average Bonchev–Trinajstić information content (AvgIpc) is 3.14. The van der Waals surface area contributed by atoms with E-state index >= 15 is 0 Å². The molecule has 7 aromatic rings. The highest BCUT2D eigenvalue weighted by Gasteiger charge is 2.44. The van der Waals surface area contributed by atoms with E-state index in [0.717, 1.165) is 44.0 Å². The maximum absolute atomic E-state index is 12.8. The summed E-state index contributed by atoms with van der Waals surface area (Å²) in [5.41, 5.74) is 3.85. The van der Waals surface area contributed by atoms with Crippen molar-refractivity contribution in [3.05, 3.63) is 132 Å². The summed E-state index contributed by atoms with van der Waals surface area (Å²) in [6, 6.07) is 40.7. The van der Waals surface area contributed by atoms with Crippen molar-refractivity contribution < 1.29 is 5.11 Å². The van der Waals surface area contributed by atoms with E-state index in [0.29, 0.717) is 0 Å². The largest absolute Gasteiger partial charge is 0.376 e. The minimum atomic E-state index is -1.24. The molecule has 0 heterocycles. The Morgan fingerprint density at radius 2 is 1.03 bits per heavy atom. The van der Waals surface area contributed by atoms with Crippen molar-refractivity contribution in [2.75, 3.05) is 0 Å². The number of benzene rings is 7. The van der Waals surface area contributed by atoms with Gasteiger partial charge in [0.1, 0.15) is 5.60 Å². The van der Waals surface area contributed by atoms with Gasteiger partial charge in [0.25, 0.3) is 0 Å². The van der Waals surface area contributed by atoms with Gasteiger partial charge in [-0.1, -0.05) is 97.1 Å². The second-order valence-electron chi connectivity index (χ2n) is 9.47. The molecule has 0 fully saturated rings. The molecule has 1 unspecified atom stereocenters. The zero-order valence-corrected chi connectivity index (χ0v) is 18.4. The molecule has 0 amide bonds. The third-order valence-corrected chi connectivity index (χ3v) is 7.78. The lowest BCUT2D eigenvalue weighted by atomic mass is 9.79. The van der Waals surface area contributed by atoms with Crippen LogP contribution in [0.5, 0.6) is 0 Å². The van der Waals surface area contributed by atoms with Gasteiger partial charge in [-0.3, -0.25) is 0 Å². The van der Waals surface area contributed by atoms with Crippen LogP contribution in [-0.4, -0.2) is 5.11 Å². The standard InChI is InChI=1S/C33H20O/c34-33(28-14-4-3-12-25(28)27-17-22-7-1-2-8-23(22)18-30(27)33)29-19-24-11-5-9-20-15-16-21-10-6-13-26(29)32(21)31(20)24/h1-19,34H. The highest BCUT2D eigenvalue weighted by molar-refractivity contribution is 6.24. The Hall–Kier alpha value is -4.20. The van der Waals surface area contributed by atoms with E-state index in [-0.39, 0.29) is 0 Å². The van der Waals surface area contributed by atoms with Crippen LogP contribution in [-0.2, 0) is 5.60 Å². The van der Waals surface area contributed by atoms with E-state index in [2.05, 4.69) is 109 Å². The normalized spacial score (nSPS) is 17.1. The van der Waals surface area contributed by atoms with Gasteiger partial charge < -0.3 is 5.11 Å². The molecular weight excluding hydrogens is 412 g/mol. The minimum absolute atomic E-state index is 0.950. The van der Waals surface area contributed by atoms with Crippen LogP contribution in [0.2, 0.25) is 0 Å². The van der Waals surface area contributed by atoms with Crippen molar-refractivity contribution >= 4 is 43.1 Å². The van der Waals surface area contributed by atoms with Gasteiger partial charge >= 0.3 is 0 Å². The van der Waals surface area contributed by atoms with Crippen LogP contribution in [0.4, 0.5) is 0 Å². The van der Waals surface area contributed by atoms with Crippen molar-refractivity contribution in [3.63, 3.8) is 0 Å². The van der Waals surface area contributed by atoms with E-state index in [4.69, 9.17) is 0 Å². The molecule has 0 saturated heterocycles. The first kappa shape index (κ1) is 18.3. The molecule has 1 heteroatoms. The average molecular weight is 433 g/mol. The fraction of sp³-hybridized carbons (Fsp3) is 0.0303. The second-order valence-corrected chi connectivity index (χ2v) is 9.47. The Labute approximate surface area is 196 Å². The maximum Gasteiger partial charge on any atom is 0.142 e. The molecule has 158 valence electrons. The van der Waals surface area contributed by atoms with Gasteiger partial charge in [0.05, 0.1) is 0 Å². The van der Waals surface area contributed by atoms with Gasteiger partial charge in [-0.15, -0.1) is 0 Å². The number of hydrogen-bond acceptors (Lipinski definition) is 1. The summed E-state index contributed by atoms with van der Waals surface area (Å²) in [4.78, 5) is 0. The van der Waals surface area contributed by atoms with E-state index in [1.54, 1.807) is 0 Å². The third kappa shape index (κ3) is 2.13. The molecule has 1 N–H and O–H groups in total. The summed E-state index contributed by atoms with van der Waals surface area (Å²) in [5.74, 6) is 0. The molecule has 1 aliphatic rings. The molecule has 0 aliphatic heterocycles. The van der Waals surface area contributed by atoms with Crippen molar-refractivity contribution in [3.8, 4) is 11.1 Å². The van der Waals surface area contributed by atoms with E-state index in [9.17, 15) is 5.11 Å². The Kier molecular flexibility index (Phi) is 3.34. The number of rotatable bonds is 1. The topological polar surface area (TPSA) is 20.2 Å². The number of hydrogen-bond donors (Lipinski definition) is 1. The van der Waals surface area contributed by atoms with E-state index in [1.807, 2.05) is 6.07 Å². The zero-order chi connectivity index (χ0) is 22.4. The van der Waals surface area contributed by atoms with Gasteiger partial charge in [0.2, 0.25) is 0 Å². The Balaban J connectivity index is 1.58. The van der Waals surface area contributed by atoms with Crippen molar-refractivity contribution in [2.45, 2.75) is 5.60 Å². The van der Waals surface area contributed by atoms with Crippen molar-refractivity contribution in [1.29, 1.82) is 0 Å². The molecule has 0 bridgehead atoms. The SMILES string of the molecule is OC1(c2cc3cccc4ccc5cccc2c5c43)c2ccccc2-c2cc3ccccc3cc21. The molecule has 1 nitrogen and oxygen atoms in total. The van der Waals surface area contributed by atoms with Crippen LogP contribution < -0.4 is 0 Å². The van der Waals surface area contributed by atoms with Crippen LogP contribution >= 0.6 is 0 Å². The van der Waals surface area contributed by atoms with Crippen LogP contribution in [0.15, 0.2) is 115 Å². The van der Waals surface area contributed by atoms with E-state index in [1.165, 1.54) is 26.9 Å². The van der Waals surface area contributed by atoms with Gasteiger partial charge in [-0.2, -0.15) is 0 Å². The van der Waals surface area contributed by atoms with Crippen LogP contribution in [0.3, 0.4) is 0 Å². The van der Waals surface area contributed by atoms with E-state index < -0.39 is 5.60 Å². The summed E-state index contributed by atoms with van der Waals surface area (Å²) in [5, 5.41) is 22.4. The second kappa shape index (κ2) is 6.22. The molecule has 0 aromatic heterocycles. The first-order valence-electron chi connectivity index (χ1n) is 11.8. The first-order valence-corrected chi connectivity index (χ1v) is 11.8. The summed E-state index contributed by atoms with van der Waals surface area (Å²) in [7, 11) is 0. The lowest BCUT2D eigenvalue weighted by molar-refractivity contribution is 0.132. The monoisotopic (exact) mass is 432 g/mol. The van der Waals surface area contributed by atoms with Gasteiger partial charge in [-0.25, -0.2) is 0 Å². The van der Waals surface area contributed by atoms with Crippen LogP contribution in [0, 0.1) is 0 Å². The van der Waals surface area contributed by atoms with Crippen LogP contribution in [0.1, 0.15) is 16.7 Å². The summed E-state index contributed by atoms with van der Waals surface area (Å²) in [6.07, 6.45) is 0. The molecular formula is C33H20O. The Morgan fingerprint density at radius 1 is 0.412 bits per heavy atom. The molecule has 8 rings (SSSR count). The van der Waals surface area contributed by atoms with Crippen LogP contribution in [0.25, 0.3) is 54.2 Å². The van der Waals surface area contributed by atoms with Crippen molar-refractivity contribution in [1.82, 2.24) is 0 Å². The van der Waals surface area contributed by atoms with Crippen molar-refractivity contribution in [2.24, 2.45) is 0 Å². The number of fused-ring (bicyclic) bond motifs is 4. The molecule has 0 saturated carbocycles. The molecule has 7 aromatic carbocycles. The highest BCUT2D eigenvalue weighted by atomic mass is 16.3. The molecule has 0 spiro atoms. The molecule has 0 radical (unpaired) electrons. The quantitative estimate of drug-likeness (QED) is 0.261. The Morgan fingerprint density at radius 3 is 1.88 bits per heavy atom. The molecule has 34 heavy (non-hydrogen) atoms. The summed E-state index contributed by atoms with van der Waals surface area (Å²) >= 11 is 0. The third-order valence-electron chi connectivity index (χ3n) is 7.78. The lowest BCUT2D eigenvalue weighted by Crippen LogP contribution is -2.26. The first-order chi connectivity index (χ1) is 16.7. The smallest absolute Gasteiger partial charge is 0.142 e. The lowest BCUT2D eigenvalue weighted by Gasteiger charge is -2.29. The highest BCUT2D eigenvalue weighted by Crippen LogP contribution is 2.54. The number of aliphatic hydroxyl groups is 1. The Bertz CT molecular complexity index is 1930. The molecule has 1 atom stereocenters. The fourth-order valence-corrected chi connectivity index (χ4v) is 6.29. The van der Waals surface area contributed by atoms with Gasteiger partial charge in [0.15, 0.2) is 0 Å².